The average Bonchev–Trinajstić information content (AvgIpc) is 2.38. The number of anilines is 1. The molecule has 18 heavy (non-hydrogen) atoms. The van der Waals surface area contributed by atoms with Gasteiger partial charge >= 0.3 is 0 Å². The Morgan fingerprint density at radius 2 is 2.33 bits per heavy atom. The Kier molecular flexibility index (Phi) is 4.04. The summed E-state index contributed by atoms with van der Waals surface area (Å²) in [5.41, 5.74) is 0.405. The van der Waals surface area contributed by atoms with Crippen LogP contribution in [-0.2, 0) is 11.3 Å². The van der Waals surface area contributed by atoms with E-state index in [2.05, 4.69) is 21.8 Å². The largest absolute Gasteiger partial charge is 0.391 e. The number of hydrogen-bond acceptors (Lipinski definition) is 5. The molecule has 1 fully saturated rings. The highest BCUT2D eigenvalue weighted by molar-refractivity contribution is 6.30. The predicted octanol–water partition coefficient (Wildman–Crippen LogP) is 1.63. The molecule has 0 spiro atoms. The number of hydrogen-bond donors (Lipinski definition) is 1. The summed E-state index contributed by atoms with van der Waals surface area (Å²) < 4.78 is 5.55. The maximum Gasteiger partial charge on any atom is 0.140 e. The molecule has 1 aromatic rings. The average molecular weight is 272 g/mol. The lowest BCUT2D eigenvalue weighted by atomic mass is 9.94. The molecule has 1 aromatic heterocycles. The van der Waals surface area contributed by atoms with E-state index in [0.29, 0.717) is 16.5 Å². The van der Waals surface area contributed by atoms with Crippen molar-refractivity contribution in [1.29, 1.82) is 0 Å². The lowest BCUT2D eigenvalue weighted by Gasteiger charge is -2.40. The Bertz CT molecular complexity index is 430. The van der Waals surface area contributed by atoms with Gasteiger partial charge in [-0.25, -0.2) is 9.97 Å². The first-order valence-corrected chi connectivity index (χ1v) is 6.38. The predicted molar refractivity (Wildman–Crippen MR) is 69.8 cm³/mol. The molecule has 1 unspecified atom stereocenters. The number of nitrogens with zero attached hydrogens (tertiary/aromatic N) is 3. The van der Waals surface area contributed by atoms with Crippen molar-refractivity contribution in [2.45, 2.75) is 32.0 Å². The van der Waals surface area contributed by atoms with E-state index in [1.165, 1.54) is 6.33 Å². The molecule has 1 saturated heterocycles. The van der Waals surface area contributed by atoms with Gasteiger partial charge in [0.25, 0.3) is 0 Å². The van der Waals surface area contributed by atoms with Crippen molar-refractivity contribution in [3.8, 4) is 0 Å². The van der Waals surface area contributed by atoms with Crippen molar-refractivity contribution in [3.05, 3.63) is 17.0 Å². The Balaban J connectivity index is 2.29. The number of ether oxygens (including phenoxy) is 1. The molecule has 1 aliphatic heterocycles. The van der Waals surface area contributed by atoms with E-state index < -0.39 is 0 Å². The quantitative estimate of drug-likeness (QED) is 0.847. The molecule has 0 bridgehead atoms. The van der Waals surface area contributed by atoms with Gasteiger partial charge in [0.05, 0.1) is 17.8 Å². The topological polar surface area (TPSA) is 58.5 Å². The Morgan fingerprint density at radius 1 is 1.56 bits per heavy atom. The zero-order valence-electron chi connectivity index (χ0n) is 10.7. The molecule has 0 aromatic carbocycles. The van der Waals surface area contributed by atoms with E-state index in [1.54, 1.807) is 7.11 Å². The summed E-state index contributed by atoms with van der Waals surface area (Å²) in [7, 11) is 1.73. The van der Waals surface area contributed by atoms with E-state index in [1.807, 2.05) is 0 Å². The van der Waals surface area contributed by atoms with Gasteiger partial charge in [-0.3, -0.25) is 0 Å². The van der Waals surface area contributed by atoms with Crippen LogP contribution < -0.4 is 4.90 Å². The monoisotopic (exact) mass is 271 g/mol. The van der Waals surface area contributed by atoms with Crippen LogP contribution in [0.25, 0.3) is 0 Å². The van der Waals surface area contributed by atoms with Crippen molar-refractivity contribution in [1.82, 2.24) is 9.97 Å². The van der Waals surface area contributed by atoms with Gasteiger partial charge < -0.3 is 14.7 Å². The summed E-state index contributed by atoms with van der Waals surface area (Å²) >= 11 is 5.98. The first-order chi connectivity index (χ1) is 8.59. The lowest BCUT2D eigenvalue weighted by Crippen LogP contribution is -2.48. The molecule has 5 nitrogen and oxygen atoms in total. The van der Waals surface area contributed by atoms with E-state index in [9.17, 15) is 5.11 Å². The van der Waals surface area contributed by atoms with Crippen molar-refractivity contribution in [3.63, 3.8) is 0 Å². The van der Waals surface area contributed by atoms with Crippen molar-refractivity contribution in [2.24, 2.45) is 0 Å². The molecule has 0 saturated carbocycles. The fourth-order valence-corrected chi connectivity index (χ4v) is 2.53. The molecule has 2 rings (SSSR count). The van der Waals surface area contributed by atoms with E-state index in [0.717, 1.165) is 25.9 Å². The molecule has 1 aliphatic rings. The van der Waals surface area contributed by atoms with Gasteiger partial charge in [-0.15, -0.1) is 0 Å². The van der Waals surface area contributed by atoms with E-state index >= 15 is 0 Å². The minimum absolute atomic E-state index is 0.158. The fraction of sp³-hybridized carbons (Fsp3) is 0.667. The Labute approximate surface area is 112 Å². The molecule has 0 amide bonds. The minimum atomic E-state index is -0.178. The van der Waals surface area contributed by atoms with Crippen LogP contribution in [0.5, 0.6) is 0 Å². The van der Waals surface area contributed by atoms with E-state index in [-0.39, 0.29) is 12.2 Å². The number of aromatic nitrogens is 2. The van der Waals surface area contributed by atoms with Crippen molar-refractivity contribution in [2.75, 3.05) is 25.1 Å². The van der Waals surface area contributed by atoms with Crippen LogP contribution in [0.3, 0.4) is 0 Å². The first kappa shape index (κ1) is 13.5. The van der Waals surface area contributed by atoms with E-state index in [4.69, 9.17) is 16.3 Å². The normalized spacial score (nSPS) is 24.3. The third kappa shape index (κ3) is 2.58. The SMILES string of the molecule is COC1(C)CCCN(c2ncnc(Cl)c2CO)C1. The van der Waals surface area contributed by atoms with Gasteiger partial charge in [0.2, 0.25) is 0 Å². The summed E-state index contributed by atoms with van der Waals surface area (Å²) in [5, 5.41) is 9.71. The van der Waals surface area contributed by atoms with Gasteiger partial charge in [-0.1, -0.05) is 11.6 Å². The summed E-state index contributed by atoms with van der Waals surface area (Å²) in [6, 6.07) is 0. The summed E-state index contributed by atoms with van der Waals surface area (Å²) in [6.45, 7) is 3.55. The second-order valence-electron chi connectivity index (χ2n) is 4.80. The molecular weight excluding hydrogens is 254 g/mol. The van der Waals surface area contributed by atoms with Gasteiger partial charge in [0.1, 0.15) is 17.3 Å². The molecule has 0 aliphatic carbocycles. The fourth-order valence-electron chi connectivity index (χ4n) is 2.34. The van der Waals surface area contributed by atoms with Crippen LogP contribution in [0.1, 0.15) is 25.3 Å². The highest BCUT2D eigenvalue weighted by Crippen LogP contribution is 2.30. The maximum atomic E-state index is 9.39. The van der Waals surface area contributed by atoms with Crippen LogP contribution in [0.2, 0.25) is 5.15 Å². The number of methoxy groups -OCH3 is 1. The Hall–Kier alpha value is -0.910. The summed E-state index contributed by atoms with van der Waals surface area (Å²) in [4.78, 5) is 10.3. The van der Waals surface area contributed by atoms with Gasteiger partial charge in [-0.05, 0) is 19.8 Å². The highest BCUT2D eigenvalue weighted by atomic mass is 35.5. The molecule has 1 atom stereocenters. The van der Waals surface area contributed by atoms with Crippen molar-refractivity contribution < 1.29 is 9.84 Å². The van der Waals surface area contributed by atoms with Crippen LogP contribution in [0.4, 0.5) is 5.82 Å². The minimum Gasteiger partial charge on any atom is -0.391 e. The lowest BCUT2D eigenvalue weighted by molar-refractivity contribution is -0.00489. The van der Waals surface area contributed by atoms with Gasteiger partial charge in [0.15, 0.2) is 0 Å². The van der Waals surface area contributed by atoms with Crippen LogP contribution >= 0.6 is 11.6 Å². The number of rotatable bonds is 3. The maximum absolute atomic E-state index is 9.39. The number of aliphatic hydroxyl groups is 1. The van der Waals surface area contributed by atoms with Crippen LogP contribution in [0.15, 0.2) is 6.33 Å². The number of aliphatic hydroxyl groups excluding tert-OH is 1. The smallest absolute Gasteiger partial charge is 0.140 e. The third-order valence-electron chi connectivity index (χ3n) is 3.48. The highest BCUT2D eigenvalue weighted by Gasteiger charge is 2.32. The zero-order valence-corrected chi connectivity index (χ0v) is 11.4. The zero-order chi connectivity index (χ0) is 13.2. The van der Waals surface area contributed by atoms with Crippen LogP contribution in [0, 0.1) is 0 Å². The summed E-state index contributed by atoms with van der Waals surface area (Å²) in [6.07, 6.45) is 3.47. The summed E-state index contributed by atoms with van der Waals surface area (Å²) in [5.74, 6) is 0.709. The molecule has 1 N–H and O–H groups in total. The third-order valence-corrected chi connectivity index (χ3v) is 3.81. The second-order valence-corrected chi connectivity index (χ2v) is 5.16. The standard InChI is InChI=1S/C12H18ClN3O2/c1-12(18-2)4-3-5-16(7-12)11-9(6-17)10(13)14-8-15-11/h8,17H,3-7H2,1-2H3. The molecular formula is C12H18ClN3O2. The second kappa shape index (κ2) is 5.38. The van der Waals surface area contributed by atoms with Gasteiger partial charge in [-0.2, -0.15) is 0 Å². The van der Waals surface area contributed by atoms with Crippen molar-refractivity contribution >= 4 is 17.4 Å². The van der Waals surface area contributed by atoms with Crippen LogP contribution in [-0.4, -0.2) is 40.9 Å². The molecule has 2 heterocycles. The molecule has 100 valence electrons. The molecule has 0 radical (unpaired) electrons. The number of piperidine rings is 1. The first-order valence-electron chi connectivity index (χ1n) is 6.00. The number of halogens is 1. The van der Waals surface area contributed by atoms with Gasteiger partial charge in [0, 0.05) is 20.2 Å². The Morgan fingerprint density at radius 3 is 3.00 bits per heavy atom. The molecule has 6 heteroatoms.